The van der Waals surface area contributed by atoms with Gasteiger partial charge in [-0.25, -0.2) is 9.67 Å². The lowest BCUT2D eigenvalue weighted by atomic mass is 10.2. The highest BCUT2D eigenvalue weighted by Gasteiger charge is 2.28. The molecule has 1 heterocycles. The van der Waals surface area contributed by atoms with E-state index in [0.29, 0.717) is 25.5 Å². The van der Waals surface area contributed by atoms with Crippen LogP contribution < -0.4 is 0 Å². The molecule has 0 radical (unpaired) electrons. The van der Waals surface area contributed by atoms with Gasteiger partial charge in [-0.2, -0.15) is 0 Å². The average Bonchev–Trinajstić information content (AvgIpc) is 3.24. The number of aliphatic hydroxyl groups is 1. The van der Waals surface area contributed by atoms with Gasteiger partial charge in [0.15, 0.2) is 5.82 Å². The van der Waals surface area contributed by atoms with E-state index < -0.39 is 10.7 Å². The van der Waals surface area contributed by atoms with Gasteiger partial charge < -0.3 is 10.2 Å². The maximum atomic E-state index is 11.4. The molecule has 0 aliphatic heterocycles. The van der Waals surface area contributed by atoms with Gasteiger partial charge in [0.25, 0.3) is 0 Å². The first-order valence-electron chi connectivity index (χ1n) is 10.5. The molecule has 33 heavy (non-hydrogen) atoms. The fraction of sp³-hybridized carbons (Fsp3) is 0.240. The third-order valence-corrected chi connectivity index (χ3v) is 6.03. The van der Waals surface area contributed by atoms with E-state index in [1.165, 1.54) is 11.8 Å². The Balaban J connectivity index is 1.73. The molecular formula is C25H28N4O3S. The molecule has 0 fully saturated rings. The van der Waals surface area contributed by atoms with Crippen molar-refractivity contribution in [3.8, 4) is 5.69 Å². The van der Waals surface area contributed by atoms with Gasteiger partial charge in [0.05, 0.1) is 18.8 Å². The first-order valence-corrected chi connectivity index (χ1v) is 11.3. The molecule has 0 aliphatic carbocycles. The summed E-state index contributed by atoms with van der Waals surface area (Å²) in [5, 5.41) is 24.1. The smallest absolute Gasteiger partial charge is 0.319 e. The number of thioether (sulfide) groups is 1. The minimum Gasteiger partial charge on any atom is -0.511 e. The lowest BCUT2D eigenvalue weighted by Crippen LogP contribution is -2.27. The summed E-state index contributed by atoms with van der Waals surface area (Å²) in [5.74, 6) is -0.0156. The highest BCUT2D eigenvalue weighted by molar-refractivity contribution is 8.01. The van der Waals surface area contributed by atoms with Crippen LogP contribution in [0.25, 0.3) is 5.69 Å². The van der Waals surface area contributed by atoms with Gasteiger partial charge in [-0.05, 0) is 49.8 Å². The third kappa shape index (κ3) is 7.06. The van der Waals surface area contributed by atoms with Gasteiger partial charge in [-0.15, -0.1) is 16.9 Å². The standard InChI is InChI=1S/C25H28N4O3S/c1-4-8-21(30)16-28(17-23-26-18-29(27-23)20-9-6-5-7-10-20)15-19-11-13-22(14-12-19)33-25(2,3)24(31)32/h4-14,18,30H,1,15-17H2,2-3H3,(H,31,32)/b21-8-. The van der Waals surface area contributed by atoms with Crippen LogP contribution >= 0.6 is 11.8 Å². The van der Waals surface area contributed by atoms with Gasteiger partial charge >= 0.3 is 5.97 Å². The number of carboxylic acids is 1. The van der Waals surface area contributed by atoms with Crippen LogP contribution in [0.4, 0.5) is 0 Å². The van der Waals surface area contributed by atoms with Gasteiger partial charge in [0, 0.05) is 11.4 Å². The Bertz CT molecular complexity index is 1110. The zero-order valence-corrected chi connectivity index (χ0v) is 19.6. The van der Waals surface area contributed by atoms with Crippen LogP contribution in [-0.4, -0.2) is 47.1 Å². The topological polar surface area (TPSA) is 91.5 Å². The van der Waals surface area contributed by atoms with Crippen LogP contribution in [0.1, 0.15) is 25.2 Å². The summed E-state index contributed by atoms with van der Waals surface area (Å²) < 4.78 is 0.821. The summed E-state index contributed by atoms with van der Waals surface area (Å²) in [6.45, 7) is 8.32. The second-order valence-electron chi connectivity index (χ2n) is 8.04. The molecular weight excluding hydrogens is 436 g/mol. The van der Waals surface area contributed by atoms with Crippen molar-refractivity contribution in [1.82, 2.24) is 19.7 Å². The Morgan fingerprint density at radius 3 is 2.45 bits per heavy atom. The molecule has 2 N–H and O–H groups in total. The molecule has 0 atom stereocenters. The van der Waals surface area contributed by atoms with Crippen molar-refractivity contribution in [2.45, 2.75) is 36.6 Å². The van der Waals surface area contributed by atoms with Crippen molar-refractivity contribution in [3.63, 3.8) is 0 Å². The highest BCUT2D eigenvalue weighted by atomic mass is 32.2. The zero-order chi connectivity index (χ0) is 23.8. The number of allylic oxidation sites excluding steroid dienone is 2. The molecule has 1 aromatic heterocycles. The number of benzene rings is 2. The molecule has 0 amide bonds. The number of rotatable bonds is 11. The summed E-state index contributed by atoms with van der Waals surface area (Å²) >= 11 is 1.31. The predicted octanol–water partition coefficient (Wildman–Crippen LogP) is 4.85. The van der Waals surface area contributed by atoms with Crippen molar-refractivity contribution >= 4 is 17.7 Å². The van der Waals surface area contributed by atoms with Gasteiger partial charge in [-0.3, -0.25) is 9.69 Å². The summed E-state index contributed by atoms with van der Waals surface area (Å²) in [6, 6.07) is 17.5. The van der Waals surface area contributed by atoms with Crippen LogP contribution in [0.15, 0.2) is 90.3 Å². The normalized spacial score (nSPS) is 12.2. The van der Waals surface area contributed by atoms with Crippen molar-refractivity contribution in [3.05, 3.63) is 96.8 Å². The molecule has 3 rings (SSSR count). The number of para-hydroxylation sites is 1. The van der Waals surface area contributed by atoms with Gasteiger partial charge in [0.2, 0.25) is 0 Å². The second-order valence-corrected chi connectivity index (χ2v) is 9.74. The molecule has 2 aromatic carbocycles. The van der Waals surface area contributed by atoms with Gasteiger partial charge in [-0.1, -0.05) is 43.0 Å². The lowest BCUT2D eigenvalue weighted by molar-refractivity contribution is -0.138. The van der Waals surface area contributed by atoms with Gasteiger partial charge in [0.1, 0.15) is 16.8 Å². The summed E-state index contributed by atoms with van der Waals surface area (Å²) in [5.41, 5.74) is 1.95. The monoisotopic (exact) mass is 464 g/mol. The number of hydrogen-bond acceptors (Lipinski definition) is 6. The van der Waals surface area contributed by atoms with E-state index in [2.05, 4.69) is 16.7 Å². The summed E-state index contributed by atoms with van der Waals surface area (Å²) in [4.78, 5) is 18.7. The molecule has 0 aliphatic rings. The number of aliphatic hydroxyl groups excluding tert-OH is 1. The zero-order valence-electron chi connectivity index (χ0n) is 18.8. The molecule has 0 saturated heterocycles. The van der Waals surface area contributed by atoms with Crippen LogP contribution in [0.3, 0.4) is 0 Å². The fourth-order valence-electron chi connectivity index (χ4n) is 3.12. The van der Waals surface area contributed by atoms with E-state index in [1.54, 1.807) is 37.0 Å². The maximum Gasteiger partial charge on any atom is 0.319 e. The number of nitrogens with zero attached hydrogens (tertiary/aromatic N) is 4. The van der Waals surface area contributed by atoms with E-state index in [1.807, 2.05) is 59.5 Å². The Morgan fingerprint density at radius 2 is 1.82 bits per heavy atom. The molecule has 0 spiro atoms. The molecule has 172 valence electrons. The highest BCUT2D eigenvalue weighted by Crippen LogP contribution is 2.32. The first kappa shape index (κ1) is 24.3. The minimum absolute atomic E-state index is 0.197. The second kappa shape index (κ2) is 11.0. The maximum absolute atomic E-state index is 11.4. The minimum atomic E-state index is -0.905. The van der Waals surface area contributed by atoms with E-state index in [-0.39, 0.29) is 5.76 Å². The average molecular weight is 465 g/mol. The van der Waals surface area contributed by atoms with Crippen molar-refractivity contribution in [1.29, 1.82) is 0 Å². The van der Waals surface area contributed by atoms with E-state index in [4.69, 9.17) is 0 Å². The SMILES string of the molecule is C=C/C=C(\O)CN(Cc1ccc(SC(C)(C)C(=O)O)cc1)Cc1ncn(-c2ccccc2)n1. The Morgan fingerprint density at radius 1 is 1.12 bits per heavy atom. The number of carboxylic acid groups (broad SMARTS) is 1. The Hall–Kier alpha value is -3.36. The number of carbonyl (C=O) groups is 1. The molecule has 0 saturated carbocycles. The lowest BCUT2D eigenvalue weighted by Gasteiger charge is -2.21. The van der Waals surface area contributed by atoms with Crippen LogP contribution in [0.5, 0.6) is 0 Å². The molecule has 8 heteroatoms. The number of aromatic nitrogens is 3. The first-order chi connectivity index (χ1) is 15.8. The molecule has 3 aromatic rings. The van der Waals surface area contributed by atoms with Crippen LogP contribution in [-0.2, 0) is 17.9 Å². The Kier molecular flexibility index (Phi) is 8.08. The molecule has 7 nitrogen and oxygen atoms in total. The number of aliphatic carboxylic acids is 1. The number of hydrogen-bond donors (Lipinski definition) is 2. The summed E-state index contributed by atoms with van der Waals surface area (Å²) in [7, 11) is 0. The van der Waals surface area contributed by atoms with Crippen molar-refractivity contribution in [2.24, 2.45) is 0 Å². The quantitative estimate of drug-likeness (QED) is 0.238. The van der Waals surface area contributed by atoms with E-state index in [0.717, 1.165) is 16.1 Å². The molecule has 0 unspecified atom stereocenters. The Labute approximate surface area is 198 Å². The van der Waals surface area contributed by atoms with Crippen LogP contribution in [0, 0.1) is 0 Å². The fourth-order valence-corrected chi connectivity index (χ4v) is 4.07. The van der Waals surface area contributed by atoms with E-state index in [9.17, 15) is 15.0 Å². The summed E-state index contributed by atoms with van der Waals surface area (Å²) in [6.07, 6.45) is 4.79. The van der Waals surface area contributed by atoms with E-state index >= 15 is 0 Å². The predicted molar refractivity (Wildman–Crippen MR) is 130 cm³/mol. The van der Waals surface area contributed by atoms with Crippen molar-refractivity contribution < 1.29 is 15.0 Å². The largest absolute Gasteiger partial charge is 0.511 e. The molecule has 0 bridgehead atoms. The van der Waals surface area contributed by atoms with Crippen LogP contribution in [0.2, 0.25) is 0 Å². The van der Waals surface area contributed by atoms with Crippen molar-refractivity contribution in [2.75, 3.05) is 6.54 Å². The third-order valence-electron chi connectivity index (χ3n) is 4.84.